The van der Waals surface area contributed by atoms with E-state index in [9.17, 15) is 4.79 Å². The number of amides is 1. The molecular weight excluding hydrogens is 460 g/mol. The molecule has 0 atom stereocenters. The van der Waals surface area contributed by atoms with E-state index in [4.69, 9.17) is 4.98 Å². The molecule has 1 N–H and O–H groups in total. The van der Waals surface area contributed by atoms with Crippen LogP contribution in [0.1, 0.15) is 0 Å². The number of benzene rings is 3. The van der Waals surface area contributed by atoms with Crippen LogP contribution in [0.4, 0.5) is 5.69 Å². The predicted molar refractivity (Wildman–Crippen MR) is 124 cm³/mol. The Bertz CT molecular complexity index is 1140. The third-order valence-electron chi connectivity index (χ3n) is 4.22. The number of halogens is 1. The lowest BCUT2D eigenvalue weighted by atomic mass is 10.0. The Morgan fingerprint density at radius 1 is 0.800 bits per heavy atom. The minimum absolute atomic E-state index is 0.126. The third-order valence-corrected chi connectivity index (χ3v) is 5.59. The van der Waals surface area contributed by atoms with Crippen molar-refractivity contribution in [2.24, 2.45) is 0 Å². The summed E-state index contributed by atoms with van der Waals surface area (Å²) in [6, 6.07) is 27.2. The maximum Gasteiger partial charge on any atom is 0.234 e. The normalized spacial score (nSPS) is 10.6. The predicted octanol–water partition coefficient (Wildman–Crippen LogP) is 5.70. The van der Waals surface area contributed by atoms with Crippen LogP contribution in [-0.2, 0) is 4.79 Å². The number of aromatic nitrogens is 3. The first-order valence-corrected chi connectivity index (χ1v) is 11.0. The molecule has 7 heteroatoms. The van der Waals surface area contributed by atoms with Gasteiger partial charge in [-0.2, -0.15) is 0 Å². The van der Waals surface area contributed by atoms with Crippen molar-refractivity contribution in [2.45, 2.75) is 5.16 Å². The van der Waals surface area contributed by atoms with E-state index in [2.05, 4.69) is 31.4 Å². The molecule has 0 fully saturated rings. The van der Waals surface area contributed by atoms with E-state index in [1.165, 1.54) is 11.8 Å². The molecule has 4 rings (SSSR count). The first-order chi connectivity index (χ1) is 14.7. The maximum atomic E-state index is 12.3. The molecule has 1 heterocycles. The van der Waals surface area contributed by atoms with Crippen LogP contribution in [0.2, 0.25) is 0 Å². The van der Waals surface area contributed by atoms with Crippen LogP contribution in [0.3, 0.4) is 0 Å². The molecule has 1 aromatic heterocycles. The van der Waals surface area contributed by atoms with Crippen LogP contribution in [0.5, 0.6) is 0 Å². The Kier molecular flexibility index (Phi) is 6.51. The fraction of sp³-hybridized carbons (Fsp3) is 0.0435. The van der Waals surface area contributed by atoms with Gasteiger partial charge in [-0.05, 0) is 24.3 Å². The second-order valence-electron chi connectivity index (χ2n) is 6.37. The molecule has 0 aliphatic carbocycles. The zero-order valence-corrected chi connectivity index (χ0v) is 18.2. The van der Waals surface area contributed by atoms with E-state index < -0.39 is 0 Å². The summed E-state index contributed by atoms with van der Waals surface area (Å²) in [6.45, 7) is 0. The number of hydrogen-bond donors (Lipinski definition) is 1. The Morgan fingerprint density at radius 2 is 1.40 bits per heavy atom. The summed E-state index contributed by atoms with van der Waals surface area (Å²) in [5.74, 6) is 0.0655. The van der Waals surface area contributed by atoms with E-state index in [1.54, 1.807) is 0 Å². The van der Waals surface area contributed by atoms with Gasteiger partial charge in [-0.15, -0.1) is 10.2 Å². The van der Waals surface area contributed by atoms with Crippen molar-refractivity contribution in [3.63, 3.8) is 0 Å². The quantitative estimate of drug-likeness (QED) is 0.361. The summed E-state index contributed by atoms with van der Waals surface area (Å²) in [6.07, 6.45) is 0. The van der Waals surface area contributed by atoms with Gasteiger partial charge in [-0.1, -0.05) is 88.4 Å². The summed E-state index contributed by atoms with van der Waals surface area (Å²) < 4.78 is 0.960. The summed E-state index contributed by atoms with van der Waals surface area (Å²) in [5, 5.41) is 12.0. The second-order valence-corrected chi connectivity index (χ2v) is 8.23. The topological polar surface area (TPSA) is 67.8 Å². The minimum atomic E-state index is -0.126. The highest BCUT2D eigenvalue weighted by Gasteiger charge is 2.14. The molecule has 4 aromatic rings. The van der Waals surface area contributed by atoms with Gasteiger partial charge >= 0.3 is 0 Å². The van der Waals surface area contributed by atoms with Crippen molar-refractivity contribution >= 4 is 39.3 Å². The number of anilines is 1. The van der Waals surface area contributed by atoms with Gasteiger partial charge in [0.1, 0.15) is 11.4 Å². The van der Waals surface area contributed by atoms with Crippen molar-refractivity contribution in [2.75, 3.05) is 11.1 Å². The van der Waals surface area contributed by atoms with Gasteiger partial charge in [-0.25, -0.2) is 4.98 Å². The van der Waals surface area contributed by atoms with E-state index >= 15 is 0 Å². The number of carbonyl (C=O) groups excluding carboxylic acids is 1. The van der Waals surface area contributed by atoms with Gasteiger partial charge in [0.25, 0.3) is 0 Å². The third kappa shape index (κ3) is 5.11. The Labute approximate surface area is 187 Å². The largest absolute Gasteiger partial charge is 0.325 e. The van der Waals surface area contributed by atoms with Crippen molar-refractivity contribution in [1.29, 1.82) is 0 Å². The first-order valence-electron chi connectivity index (χ1n) is 9.23. The molecule has 0 saturated heterocycles. The highest BCUT2D eigenvalue weighted by atomic mass is 79.9. The smallest absolute Gasteiger partial charge is 0.234 e. The van der Waals surface area contributed by atoms with Crippen molar-refractivity contribution in [3.05, 3.63) is 89.4 Å². The Balaban J connectivity index is 1.54. The number of nitrogens with zero attached hydrogens (tertiary/aromatic N) is 3. The van der Waals surface area contributed by atoms with Crippen LogP contribution in [0, 0.1) is 0 Å². The average Bonchev–Trinajstić information content (AvgIpc) is 2.80. The van der Waals surface area contributed by atoms with Gasteiger partial charge in [0.05, 0.1) is 5.75 Å². The van der Waals surface area contributed by atoms with Crippen molar-refractivity contribution in [1.82, 2.24) is 15.2 Å². The van der Waals surface area contributed by atoms with Crippen LogP contribution in [-0.4, -0.2) is 26.8 Å². The van der Waals surface area contributed by atoms with Gasteiger partial charge < -0.3 is 5.32 Å². The number of hydrogen-bond acceptors (Lipinski definition) is 5. The second kappa shape index (κ2) is 9.65. The molecule has 1 amide bonds. The molecule has 5 nitrogen and oxygen atoms in total. The molecular formula is C23H17BrN4OS. The molecule has 0 radical (unpaired) electrons. The fourth-order valence-corrected chi connectivity index (χ4v) is 3.67. The summed E-state index contributed by atoms with van der Waals surface area (Å²) in [5.41, 5.74) is 4.10. The summed E-state index contributed by atoms with van der Waals surface area (Å²) >= 11 is 4.64. The van der Waals surface area contributed by atoms with E-state index in [1.807, 2.05) is 84.9 Å². The van der Waals surface area contributed by atoms with Gasteiger partial charge in [0.2, 0.25) is 11.1 Å². The first kappa shape index (κ1) is 20.3. The lowest BCUT2D eigenvalue weighted by Gasteiger charge is -2.09. The number of carbonyl (C=O) groups is 1. The van der Waals surface area contributed by atoms with Crippen LogP contribution in [0.25, 0.3) is 22.5 Å². The van der Waals surface area contributed by atoms with E-state index in [0.29, 0.717) is 10.9 Å². The average molecular weight is 477 g/mol. The molecule has 148 valence electrons. The zero-order chi connectivity index (χ0) is 20.8. The van der Waals surface area contributed by atoms with Gasteiger partial charge in [-0.3, -0.25) is 4.79 Å². The summed E-state index contributed by atoms with van der Waals surface area (Å²) in [7, 11) is 0. The van der Waals surface area contributed by atoms with Crippen molar-refractivity contribution < 1.29 is 4.79 Å². The van der Waals surface area contributed by atoms with Crippen molar-refractivity contribution in [3.8, 4) is 22.5 Å². The van der Waals surface area contributed by atoms with Crippen LogP contribution < -0.4 is 5.32 Å². The molecule has 0 saturated carbocycles. The SMILES string of the molecule is O=C(CSc1nnc(-c2ccccc2)c(-c2ccccc2)n1)Nc1ccc(Br)cc1. The zero-order valence-electron chi connectivity index (χ0n) is 15.8. The van der Waals surface area contributed by atoms with Crippen LogP contribution in [0.15, 0.2) is 94.6 Å². The highest BCUT2D eigenvalue weighted by Crippen LogP contribution is 2.29. The molecule has 0 aliphatic heterocycles. The maximum absolute atomic E-state index is 12.3. The fourth-order valence-electron chi connectivity index (χ4n) is 2.82. The van der Waals surface area contributed by atoms with E-state index in [0.717, 1.165) is 27.0 Å². The molecule has 0 bridgehead atoms. The van der Waals surface area contributed by atoms with Gasteiger partial charge in [0.15, 0.2) is 0 Å². The van der Waals surface area contributed by atoms with Gasteiger partial charge in [0, 0.05) is 21.3 Å². The molecule has 3 aromatic carbocycles. The lowest BCUT2D eigenvalue weighted by Crippen LogP contribution is -2.14. The monoisotopic (exact) mass is 476 g/mol. The number of thioether (sulfide) groups is 1. The molecule has 30 heavy (non-hydrogen) atoms. The Morgan fingerprint density at radius 3 is 2.03 bits per heavy atom. The Hall–Kier alpha value is -3.03. The number of nitrogens with one attached hydrogen (secondary N) is 1. The van der Waals surface area contributed by atoms with Crippen LogP contribution >= 0.6 is 27.7 Å². The highest BCUT2D eigenvalue weighted by molar-refractivity contribution is 9.10. The standard InChI is InChI=1S/C23H17BrN4OS/c24-18-11-13-19(14-12-18)25-20(29)15-30-23-26-21(16-7-3-1-4-8-16)22(27-28-23)17-9-5-2-6-10-17/h1-14H,15H2,(H,25,29). The molecule has 0 aliphatic rings. The minimum Gasteiger partial charge on any atom is -0.325 e. The molecule has 0 unspecified atom stereocenters. The summed E-state index contributed by atoms with van der Waals surface area (Å²) in [4.78, 5) is 17.0. The number of rotatable bonds is 6. The lowest BCUT2D eigenvalue weighted by molar-refractivity contribution is -0.113. The van der Waals surface area contributed by atoms with E-state index in [-0.39, 0.29) is 11.7 Å². The molecule has 0 spiro atoms.